The van der Waals surface area contributed by atoms with E-state index < -0.39 is 6.04 Å². The van der Waals surface area contributed by atoms with E-state index in [-0.39, 0.29) is 17.9 Å². The van der Waals surface area contributed by atoms with Crippen molar-refractivity contribution < 1.29 is 9.59 Å². The Morgan fingerprint density at radius 1 is 1.22 bits per heavy atom. The van der Waals surface area contributed by atoms with Crippen LogP contribution >= 0.6 is 0 Å². The van der Waals surface area contributed by atoms with E-state index in [2.05, 4.69) is 5.32 Å². The van der Waals surface area contributed by atoms with Crippen molar-refractivity contribution >= 4 is 11.8 Å². The summed E-state index contributed by atoms with van der Waals surface area (Å²) in [7, 11) is 1.70. The number of likely N-dealkylation sites (N-methyl/N-ethyl adjacent to an activating group) is 1. The second kappa shape index (κ2) is 5.21. The molecule has 4 nitrogen and oxygen atoms in total. The van der Waals surface area contributed by atoms with Gasteiger partial charge in [-0.2, -0.15) is 0 Å². The Labute approximate surface area is 107 Å². The lowest BCUT2D eigenvalue weighted by atomic mass is 9.99. The summed E-state index contributed by atoms with van der Waals surface area (Å²) in [6, 6.07) is 8.51. The first-order valence-electron chi connectivity index (χ1n) is 6.27. The highest BCUT2D eigenvalue weighted by Gasteiger charge is 2.38. The van der Waals surface area contributed by atoms with Crippen LogP contribution in [0, 0.1) is 0 Å². The lowest BCUT2D eigenvalue weighted by Crippen LogP contribution is -2.57. The van der Waals surface area contributed by atoms with Crippen molar-refractivity contribution in [2.75, 3.05) is 7.05 Å². The number of hydrogen-bond donors (Lipinski definition) is 1. The minimum absolute atomic E-state index is 0.00898. The SMILES string of the molecule is CCCC1NC(=O)C(c2ccccc2)N(C)C1=O. The van der Waals surface area contributed by atoms with E-state index in [1.165, 1.54) is 0 Å². The third-order valence-electron chi connectivity index (χ3n) is 3.29. The first-order chi connectivity index (χ1) is 8.65. The zero-order valence-electron chi connectivity index (χ0n) is 10.7. The van der Waals surface area contributed by atoms with Gasteiger partial charge in [-0.05, 0) is 12.0 Å². The minimum atomic E-state index is -0.508. The van der Waals surface area contributed by atoms with Crippen LogP contribution in [0.5, 0.6) is 0 Å². The quantitative estimate of drug-likeness (QED) is 0.878. The maximum atomic E-state index is 12.2. The fourth-order valence-electron chi connectivity index (χ4n) is 2.36. The van der Waals surface area contributed by atoms with Crippen LogP contribution < -0.4 is 5.32 Å². The van der Waals surface area contributed by atoms with Gasteiger partial charge in [-0.3, -0.25) is 9.59 Å². The second-order valence-corrected chi connectivity index (χ2v) is 4.61. The monoisotopic (exact) mass is 246 g/mol. The maximum absolute atomic E-state index is 12.2. The molecule has 0 spiro atoms. The van der Waals surface area contributed by atoms with Crippen molar-refractivity contribution in [3.05, 3.63) is 35.9 Å². The topological polar surface area (TPSA) is 49.4 Å². The molecule has 0 radical (unpaired) electrons. The number of amides is 2. The van der Waals surface area contributed by atoms with Crippen LogP contribution in [0.25, 0.3) is 0 Å². The van der Waals surface area contributed by atoms with Crippen molar-refractivity contribution in [3.63, 3.8) is 0 Å². The average molecular weight is 246 g/mol. The predicted octanol–water partition coefficient (Wildman–Crippen LogP) is 1.48. The Bertz CT molecular complexity index is 444. The van der Waals surface area contributed by atoms with E-state index in [4.69, 9.17) is 0 Å². The normalized spacial score (nSPS) is 24.0. The molecule has 1 aliphatic heterocycles. The fourth-order valence-corrected chi connectivity index (χ4v) is 2.36. The first-order valence-corrected chi connectivity index (χ1v) is 6.27. The van der Waals surface area contributed by atoms with Crippen LogP contribution in [0.4, 0.5) is 0 Å². The van der Waals surface area contributed by atoms with Gasteiger partial charge in [0, 0.05) is 7.05 Å². The largest absolute Gasteiger partial charge is 0.342 e. The molecule has 1 heterocycles. The summed E-state index contributed by atoms with van der Waals surface area (Å²) < 4.78 is 0. The summed E-state index contributed by atoms with van der Waals surface area (Å²) in [4.78, 5) is 25.8. The highest BCUT2D eigenvalue weighted by atomic mass is 16.2. The summed E-state index contributed by atoms with van der Waals surface area (Å²) in [5.74, 6) is -0.105. The molecule has 18 heavy (non-hydrogen) atoms. The van der Waals surface area contributed by atoms with E-state index in [1.54, 1.807) is 11.9 Å². The third kappa shape index (κ3) is 2.23. The summed E-state index contributed by atoms with van der Waals surface area (Å²) >= 11 is 0. The van der Waals surface area contributed by atoms with Crippen molar-refractivity contribution in [1.82, 2.24) is 10.2 Å². The smallest absolute Gasteiger partial charge is 0.248 e. The molecule has 1 fully saturated rings. The van der Waals surface area contributed by atoms with Gasteiger partial charge in [0.25, 0.3) is 0 Å². The van der Waals surface area contributed by atoms with Gasteiger partial charge in [0.05, 0.1) is 0 Å². The number of nitrogens with one attached hydrogen (secondary N) is 1. The lowest BCUT2D eigenvalue weighted by molar-refractivity contribution is -0.148. The van der Waals surface area contributed by atoms with E-state index in [0.29, 0.717) is 6.42 Å². The molecule has 2 atom stereocenters. The Hall–Kier alpha value is -1.84. The standard InChI is InChI=1S/C14H18N2O2/c1-3-7-11-14(18)16(2)12(13(17)15-11)10-8-5-4-6-9-10/h4-6,8-9,11-12H,3,7H2,1-2H3,(H,15,17). The Kier molecular flexibility index (Phi) is 3.65. The van der Waals surface area contributed by atoms with Crippen LogP contribution in [0.3, 0.4) is 0 Å². The fraction of sp³-hybridized carbons (Fsp3) is 0.429. The molecule has 1 N–H and O–H groups in total. The predicted molar refractivity (Wildman–Crippen MR) is 68.8 cm³/mol. The van der Waals surface area contributed by atoms with Crippen LogP contribution in [-0.4, -0.2) is 29.8 Å². The maximum Gasteiger partial charge on any atom is 0.248 e. The van der Waals surface area contributed by atoms with Gasteiger partial charge < -0.3 is 10.2 Å². The van der Waals surface area contributed by atoms with Gasteiger partial charge in [0.1, 0.15) is 12.1 Å². The van der Waals surface area contributed by atoms with Gasteiger partial charge in [0.15, 0.2) is 0 Å². The molecule has 2 amide bonds. The molecule has 2 rings (SSSR count). The Balaban J connectivity index is 2.24. The number of carbonyl (C=O) groups is 2. The van der Waals surface area contributed by atoms with E-state index in [9.17, 15) is 9.59 Å². The molecule has 0 bridgehead atoms. The molecule has 1 saturated heterocycles. The van der Waals surface area contributed by atoms with Gasteiger partial charge in [-0.15, -0.1) is 0 Å². The third-order valence-corrected chi connectivity index (χ3v) is 3.29. The second-order valence-electron chi connectivity index (χ2n) is 4.61. The first kappa shape index (κ1) is 12.6. The van der Waals surface area contributed by atoms with Crippen LogP contribution in [0.2, 0.25) is 0 Å². The van der Waals surface area contributed by atoms with Gasteiger partial charge in [-0.1, -0.05) is 43.7 Å². The molecule has 1 aromatic carbocycles. The van der Waals surface area contributed by atoms with Crippen LogP contribution in [-0.2, 0) is 9.59 Å². The number of carbonyl (C=O) groups excluding carboxylic acids is 2. The van der Waals surface area contributed by atoms with E-state index >= 15 is 0 Å². The molecule has 0 saturated carbocycles. The Morgan fingerprint density at radius 2 is 1.89 bits per heavy atom. The van der Waals surface area contributed by atoms with E-state index in [0.717, 1.165) is 12.0 Å². The lowest BCUT2D eigenvalue weighted by Gasteiger charge is -2.36. The molecule has 0 aliphatic carbocycles. The number of rotatable bonds is 3. The average Bonchev–Trinajstić information content (AvgIpc) is 2.37. The number of nitrogens with zero attached hydrogens (tertiary/aromatic N) is 1. The number of benzene rings is 1. The molecule has 1 aliphatic rings. The van der Waals surface area contributed by atoms with Crippen molar-refractivity contribution in [2.45, 2.75) is 31.8 Å². The zero-order valence-corrected chi connectivity index (χ0v) is 10.7. The molecule has 2 unspecified atom stereocenters. The summed E-state index contributed by atoms with van der Waals surface area (Å²) in [5, 5.41) is 2.82. The Morgan fingerprint density at radius 3 is 2.50 bits per heavy atom. The molecule has 4 heteroatoms. The molecular weight excluding hydrogens is 228 g/mol. The van der Waals surface area contributed by atoms with Crippen molar-refractivity contribution in [1.29, 1.82) is 0 Å². The van der Waals surface area contributed by atoms with Crippen molar-refractivity contribution in [3.8, 4) is 0 Å². The highest BCUT2D eigenvalue weighted by molar-refractivity contribution is 5.97. The van der Waals surface area contributed by atoms with Crippen LogP contribution in [0.1, 0.15) is 31.4 Å². The number of piperazine rings is 1. The minimum Gasteiger partial charge on any atom is -0.342 e. The van der Waals surface area contributed by atoms with E-state index in [1.807, 2.05) is 37.3 Å². The molecule has 0 aromatic heterocycles. The van der Waals surface area contributed by atoms with Crippen molar-refractivity contribution in [2.24, 2.45) is 0 Å². The zero-order chi connectivity index (χ0) is 13.1. The summed E-state index contributed by atoms with van der Waals surface area (Å²) in [6.07, 6.45) is 1.57. The highest BCUT2D eigenvalue weighted by Crippen LogP contribution is 2.24. The number of hydrogen-bond acceptors (Lipinski definition) is 2. The molecule has 96 valence electrons. The molecular formula is C14H18N2O2. The summed E-state index contributed by atoms with van der Waals surface area (Å²) in [6.45, 7) is 2.00. The molecule has 1 aromatic rings. The van der Waals surface area contributed by atoms with Crippen LogP contribution in [0.15, 0.2) is 30.3 Å². The summed E-state index contributed by atoms with van der Waals surface area (Å²) in [5.41, 5.74) is 0.848. The van der Waals surface area contributed by atoms with Gasteiger partial charge in [0.2, 0.25) is 11.8 Å². The van der Waals surface area contributed by atoms with Gasteiger partial charge in [-0.25, -0.2) is 0 Å². The van der Waals surface area contributed by atoms with Gasteiger partial charge >= 0.3 is 0 Å².